The maximum Gasteiger partial charge on any atom is 0.142 e. The number of aryl methyl sites for hydroxylation is 1. The van der Waals surface area contributed by atoms with Crippen molar-refractivity contribution in [3.05, 3.63) is 54.8 Å². The van der Waals surface area contributed by atoms with E-state index >= 15 is 0 Å². The molecular weight excluding hydrogens is 550 g/mol. The molecule has 0 amide bonds. The first kappa shape index (κ1) is 16.8. The number of aromatic hydroxyl groups is 1. The normalized spacial score (nSPS) is 14.1. The number of nitrogens with zero attached hydrogens (tertiary/aromatic N) is 1. The lowest BCUT2D eigenvalue weighted by molar-refractivity contribution is 0.467. The van der Waals surface area contributed by atoms with Crippen LogP contribution < -0.4 is 0 Å². The SMILES string of the molecule is Oc1c(I)cc(-c2[nH]c3ccc4nccc4c3c3c2CCCC3)cc1I. The topological polar surface area (TPSA) is 48.9 Å². The van der Waals surface area contributed by atoms with Crippen LogP contribution in [0, 0.1) is 7.14 Å². The van der Waals surface area contributed by atoms with E-state index in [1.165, 1.54) is 46.0 Å². The minimum atomic E-state index is 0.370. The van der Waals surface area contributed by atoms with Crippen molar-refractivity contribution in [2.24, 2.45) is 0 Å². The molecule has 26 heavy (non-hydrogen) atoms. The van der Waals surface area contributed by atoms with Crippen molar-refractivity contribution in [3.63, 3.8) is 0 Å². The summed E-state index contributed by atoms with van der Waals surface area (Å²) in [6, 6.07) is 10.5. The number of hydrogen-bond donors (Lipinski definition) is 2. The molecule has 0 spiro atoms. The number of phenolic OH excluding ortho intramolecular Hbond substituents is 1. The maximum atomic E-state index is 10.2. The van der Waals surface area contributed by atoms with E-state index in [9.17, 15) is 5.11 Å². The van der Waals surface area contributed by atoms with Gasteiger partial charge in [-0.25, -0.2) is 0 Å². The van der Waals surface area contributed by atoms with Gasteiger partial charge in [-0.1, -0.05) is 0 Å². The van der Waals surface area contributed by atoms with Gasteiger partial charge in [0, 0.05) is 33.7 Å². The van der Waals surface area contributed by atoms with Crippen molar-refractivity contribution in [3.8, 4) is 17.0 Å². The van der Waals surface area contributed by atoms with Crippen LogP contribution in [0.3, 0.4) is 0 Å². The molecule has 0 saturated carbocycles. The highest BCUT2D eigenvalue weighted by Gasteiger charge is 2.21. The summed E-state index contributed by atoms with van der Waals surface area (Å²) in [4.78, 5) is 8.20. The number of benzene rings is 2. The first-order valence-electron chi connectivity index (χ1n) is 8.73. The van der Waals surface area contributed by atoms with Crippen molar-refractivity contribution >= 4 is 67.0 Å². The molecule has 0 unspecified atom stereocenters. The number of nitrogens with one attached hydrogen (secondary N) is 1. The summed E-state index contributed by atoms with van der Waals surface area (Å²) in [5.41, 5.74) is 7.48. The van der Waals surface area contributed by atoms with E-state index in [0.29, 0.717) is 5.75 Å². The summed E-state index contributed by atoms with van der Waals surface area (Å²) in [6.07, 6.45) is 6.57. The molecule has 3 nitrogen and oxygen atoms in total. The number of fused-ring (bicyclic) bond motifs is 5. The van der Waals surface area contributed by atoms with E-state index in [1.54, 1.807) is 0 Å². The molecular formula is C21H16I2N2O. The van der Waals surface area contributed by atoms with E-state index in [4.69, 9.17) is 0 Å². The molecule has 0 fully saturated rings. The molecule has 0 saturated heterocycles. The Labute approximate surface area is 178 Å². The average molecular weight is 566 g/mol. The zero-order chi connectivity index (χ0) is 17.8. The fourth-order valence-corrected chi connectivity index (χ4v) is 5.90. The number of hydrogen-bond acceptors (Lipinski definition) is 2. The Balaban J connectivity index is 1.88. The van der Waals surface area contributed by atoms with Crippen LogP contribution in [-0.2, 0) is 12.8 Å². The molecule has 2 aromatic carbocycles. The smallest absolute Gasteiger partial charge is 0.142 e. The molecule has 0 bridgehead atoms. The first-order chi connectivity index (χ1) is 12.6. The Morgan fingerprint density at radius 2 is 1.69 bits per heavy atom. The van der Waals surface area contributed by atoms with Crippen molar-refractivity contribution in [1.82, 2.24) is 9.97 Å². The van der Waals surface area contributed by atoms with Crippen molar-refractivity contribution in [1.29, 1.82) is 0 Å². The predicted molar refractivity (Wildman–Crippen MR) is 123 cm³/mol. The van der Waals surface area contributed by atoms with Crippen LogP contribution in [0.25, 0.3) is 33.1 Å². The first-order valence-corrected chi connectivity index (χ1v) is 10.9. The number of pyridine rings is 1. The lowest BCUT2D eigenvalue weighted by Crippen LogP contribution is -2.08. The third kappa shape index (κ3) is 2.54. The Kier molecular flexibility index (Phi) is 4.11. The number of halogens is 2. The second kappa shape index (κ2) is 6.37. The van der Waals surface area contributed by atoms with E-state index in [0.717, 1.165) is 31.1 Å². The minimum Gasteiger partial charge on any atom is -0.506 e. The summed E-state index contributed by atoms with van der Waals surface area (Å²) >= 11 is 4.42. The number of phenols is 1. The summed E-state index contributed by atoms with van der Waals surface area (Å²) in [5, 5.41) is 12.7. The third-order valence-electron chi connectivity index (χ3n) is 5.31. The fraction of sp³-hybridized carbons (Fsp3) is 0.190. The van der Waals surface area contributed by atoms with Gasteiger partial charge in [-0.3, -0.25) is 4.98 Å². The molecule has 0 atom stereocenters. The summed E-state index contributed by atoms with van der Waals surface area (Å²) < 4.78 is 1.77. The average Bonchev–Trinajstić information content (AvgIpc) is 3.13. The quantitative estimate of drug-likeness (QED) is 0.271. The van der Waals surface area contributed by atoms with E-state index in [2.05, 4.69) is 85.5 Å². The van der Waals surface area contributed by atoms with Gasteiger partial charge in [-0.05, 0) is 112 Å². The van der Waals surface area contributed by atoms with Gasteiger partial charge in [0.25, 0.3) is 0 Å². The molecule has 1 aliphatic carbocycles. The lowest BCUT2D eigenvalue weighted by Gasteiger charge is -2.23. The highest BCUT2D eigenvalue weighted by atomic mass is 127. The van der Waals surface area contributed by atoms with Crippen LogP contribution >= 0.6 is 45.2 Å². The molecule has 2 N–H and O–H groups in total. The second-order valence-electron chi connectivity index (χ2n) is 6.82. The van der Waals surface area contributed by atoms with E-state index in [1.807, 2.05) is 6.20 Å². The third-order valence-corrected chi connectivity index (χ3v) is 6.96. The molecule has 0 radical (unpaired) electrons. The summed E-state index contributed by atoms with van der Waals surface area (Å²) in [7, 11) is 0. The van der Waals surface area contributed by atoms with Crippen LogP contribution in [0.1, 0.15) is 24.0 Å². The van der Waals surface area contributed by atoms with Gasteiger partial charge in [-0.15, -0.1) is 0 Å². The zero-order valence-electron chi connectivity index (χ0n) is 13.9. The van der Waals surface area contributed by atoms with E-state index in [-0.39, 0.29) is 0 Å². The standard InChI is InChI=1S/C21H16I2N2O/c22-15-9-11(10-16(23)21(15)26)20-13-4-2-1-3-12(13)19-14-7-8-24-17(14)5-6-18(19)25-20/h5-10,25-26H,1-4H2. The van der Waals surface area contributed by atoms with E-state index < -0.39 is 0 Å². The van der Waals surface area contributed by atoms with Crippen molar-refractivity contribution in [2.45, 2.75) is 25.7 Å². The molecule has 5 heteroatoms. The fourth-order valence-electron chi connectivity index (χ4n) is 4.13. The maximum absolute atomic E-state index is 10.2. The highest BCUT2D eigenvalue weighted by Crippen LogP contribution is 2.39. The van der Waals surface area contributed by atoms with Crippen LogP contribution in [-0.4, -0.2) is 15.1 Å². The summed E-state index contributed by atoms with van der Waals surface area (Å²) in [5.74, 6) is 0.370. The number of aromatic nitrogens is 2. The van der Waals surface area contributed by atoms with Crippen LogP contribution in [0.15, 0.2) is 36.5 Å². The van der Waals surface area contributed by atoms with Gasteiger partial charge in [0.05, 0.1) is 12.7 Å². The second-order valence-corrected chi connectivity index (χ2v) is 9.14. The summed E-state index contributed by atoms with van der Waals surface area (Å²) in [6.45, 7) is 0. The number of H-pyrrole nitrogens is 1. The van der Waals surface area contributed by atoms with Crippen LogP contribution in [0.4, 0.5) is 0 Å². The Morgan fingerprint density at radius 1 is 0.962 bits per heavy atom. The number of rotatable bonds is 1. The van der Waals surface area contributed by atoms with Gasteiger partial charge in [0.2, 0.25) is 0 Å². The molecule has 4 aromatic rings. The molecule has 0 aliphatic heterocycles. The van der Waals surface area contributed by atoms with Crippen molar-refractivity contribution < 1.29 is 5.11 Å². The lowest BCUT2D eigenvalue weighted by atomic mass is 9.85. The highest BCUT2D eigenvalue weighted by molar-refractivity contribution is 14.1. The van der Waals surface area contributed by atoms with Crippen LogP contribution in [0.2, 0.25) is 0 Å². The van der Waals surface area contributed by atoms with Gasteiger partial charge in [0.15, 0.2) is 0 Å². The largest absolute Gasteiger partial charge is 0.506 e. The molecule has 1 aliphatic rings. The Hall–Kier alpha value is -1.35. The molecule has 130 valence electrons. The Bertz CT molecular complexity index is 1160. The molecule has 2 heterocycles. The monoisotopic (exact) mass is 566 g/mol. The predicted octanol–water partition coefficient (Wildman–Crippen LogP) is 6.18. The molecule has 5 rings (SSSR count). The number of aromatic amines is 1. The zero-order valence-corrected chi connectivity index (χ0v) is 18.3. The minimum absolute atomic E-state index is 0.370. The van der Waals surface area contributed by atoms with Gasteiger partial charge < -0.3 is 10.1 Å². The van der Waals surface area contributed by atoms with Crippen LogP contribution in [0.5, 0.6) is 5.75 Å². The van der Waals surface area contributed by atoms with Gasteiger partial charge in [0.1, 0.15) is 5.75 Å². The van der Waals surface area contributed by atoms with Crippen molar-refractivity contribution in [2.75, 3.05) is 0 Å². The molecule has 2 aromatic heterocycles. The van der Waals surface area contributed by atoms with Gasteiger partial charge >= 0.3 is 0 Å². The Morgan fingerprint density at radius 3 is 2.46 bits per heavy atom. The van der Waals surface area contributed by atoms with Gasteiger partial charge in [-0.2, -0.15) is 0 Å².